The van der Waals surface area contributed by atoms with Gasteiger partial charge >= 0.3 is 21.1 Å². The van der Waals surface area contributed by atoms with Gasteiger partial charge in [-0.15, -0.1) is 12.1 Å². The molecule has 0 aliphatic carbocycles. The van der Waals surface area contributed by atoms with E-state index in [1.807, 2.05) is 38.1 Å². The van der Waals surface area contributed by atoms with Gasteiger partial charge in [-0.05, 0) is 131 Å². The van der Waals surface area contributed by atoms with Crippen LogP contribution in [0.5, 0.6) is 0 Å². The largest absolute Gasteiger partial charge is 2.00 e. The van der Waals surface area contributed by atoms with E-state index in [0.29, 0.717) is 11.4 Å². The van der Waals surface area contributed by atoms with Gasteiger partial charge in [0, 0.05) is 50.3 Å². The van der Waals surface area contributed by atoms with Gasteiger partial charge in [-0.1, -0.05) is 35.4 Å². The second-order valence-electron chi connectivity index (χ2n) is 17.2. The number of rotatable bonds is 6. The summed E-state index contributed by atoms with van der Waals surface area (Å²) >= 11 is 0. The van der Waals surface area contributed by atoms with Gasteiger partial charge < -0.3 is 19.8 Å². The number of pyridine rings is 4. The minimum atomic E-state index is -1.01. The SMILES string of the molecule is CC(C)(c1cc(N2C(C)(C)CCCC2(C)C)cc(-c2[c-]cc(F)nc2F)n1)c1cc(N2C(C)(C)CCCC2(C)C)cc(-c2[c-]cc(F)nc2F)n1.[Pt+2]. The second-order valence-corrected chi connectivity index (χ2v) is 17.2. The predicted octanol–water partition coefficient (Wildman–Crippen LogP) is 10.2. The Hall–Kier alpha value is -3.39. The standard InChI is InChI=1S/C41H48F4N6.Pt/c1-37(2)17-11-18-38(3,4)50(37)25-21-29(27-13-15-33(42)48-35(27)44)46-31(23-25)41(9,10)32-24-26(51-39(5,6)19-12-20-40(51,7)8)22-30(47-32)28-14-16-34(43)49-36(28)45;/h15-16,21-24H,11-12,17-20H2,1-10H3;/q-2;+2. The van der Waals surface area contributed by atoms with Crippen molar-refractivity contribution in [3.8, 4) is 22.5 Å². The normalized spacial score (nSPS) is 19.3. The van der Waals surface area contributed by atoms with Crippen molar-refractivity contribution in [2.75, 3.05) is 9.80 Å². The van der Waals surface area contributed by atoms with Gasteiger partial charge in [0.2, 0.25) is 0 Å². The van der Waals surface area contributed by atoms with Crippen LogP contribution in [0.2, 0.25) is 0 Å². The summed E-state index contributed by atoms with van der Waals surface area (Å²) in [6, 6.07) is 15.1. The van der Waals surface area contributed by atoms with E-state index in [2.05, 4.69) is 87.3 Å². The summed E-state index contributed by atoms with van der Waals surface area (Å²) in [5.41, 5.74) is 1.29. The maximum absolute atomic E-state index is 15.4. The molecule has 6 nitrogen and oxygen atoms in total. The summed E-state index contributed by atoms with van der Waals surface area (Å²) in [7, 11) is 0. The van der Waals surface area contributed by atoms with Crippen LogP contribution in [0.15, 0.2) is 36.4 Å². The van der Waals surface area contributed by atoms with Crippen molar-refractivity contribution in [1.82, 2.24) is 19.9 Å². The van der Waals surface area contributed by atoms with Crippen molar-refractivity contribution in [1.29, 1.82) is 0 Å². The third-order valence-electron chi connectivity index (χ3n) is 11.0. The number of halogens is 4. The smallest absolute Gasteiger partial charge is 0.362 e. The van der Waals surface area contributed by atoms with E-state index in [9.17, 15) is 8.78 Å². The van der Waals surface area contributed by atoms with Crippen LogP contribution < -0.4 is 9.80 Å². The number of piperidine rings is 2. The zero-order chi connectivity index (χ0) is 37.3. The molecule has 4 aromatic heterocycles. The Kier molecular flexibility index (Phi) is 10.6. The summed E-state index contributed by atoms with van der Waals surface area (Å²) in [4.78, 5) is 21.6. The van der Waals surface area contributed by atoms with Crippen LogP contribution in [0.4, 0.5) is 28.9 Å². The molecule has 0 saturated carbocycles. The number of hydrogen-bond acceptors (Lipinski definition) is 6. The minimum absolute atomic E-state index is 0. The molecule has 52 heavy (non-hydrogen) atoms. The molecule has 6 rings (SSSR count). The Morgan fingerprint density at radius 2 is 0.885 bits per heavy atom. The molecule has 2 fully saturated rings. The second kappa shape index (κ2) is 13.8. The van der Waals surface area contributed by atoms with E-state index in [-0.39, 0.29) is 65.7 Å². The topological polar surface area (TPSA) is 58.0 Å². The van der Waals surface area contributed by atoms with Gasteiger partial charge in [-0.2, -0.15) is 0 Å². The number of hydrogen-bond donors (Lipinski definition) is 0. The Morgan fingerprint density at radius 1 is 0.558 bits per heavy atom. The third-order valence-corrected chi connectivity index (χ3v) is 11.0. The first-order valence-electron chi connectivity index (χ1n) is 17.8. The van der Waals surface area contributed by atoms with Crippen molar-refractivity contribution >= 4 is 11.4 Å². The average molecular weight is 896 g/mol. The van der Waals surface area contributed by atoms with Crippen molar-refractivity contribution in [3.05, 3.63) is 83.7 Å². The maximum atomic E-state index is 15.4. The van der Waals surface area contributed by atoms with E-state index >= 15 is 8.78 Å². The van der Waals surface area contributed by atoms with Gasteiger partial charge in [-0.3, -0.25) is 9.97 Å². The first kappa shape index (κ1) is 39.8. The molecule has 2 aliphatic rings. The molecule has 0 unspecified atom stereocenters. The van der Waals surface area contributed by atoms with Gasteiger partial charge in [0.25, 0.3) is 0 Å². The molecule has 0 atom stereocenters. The molecule has 0 bridgehead atoms. The summed E-state index contributed by atoms with van der Waals surface area (Å²) in [5, 5.41) is 0. The molecule has 2 aliphatic heterocycles. The van der Waals surface area contributed by atoms with Crippen molar-refractivity contribution < 1.29 is 38.6 Å². The molecular weight excluding hydrogens is 848 g/mol. The Balaban J connectivity index is 0.00000523. The molecule has 6 heterocycles. The Labute approximate surface area is 320 Å². The molecule has 2 saturated heterocycles. The van der Waals surface area contributed by atoms with Crippen LogP contribution in [0.25, 0.3) is 22.5 Å². The number of nitrogens with zero attached hydrogens (tertiary/aromatic N) is 6. The summed E-state index contributed by atoms with van der Waals surface area (Å²) in [5.74, 6) is -3.95. The third kappa shape index (κ3) is 7.38. The molecule has 0 aromatic carbocycles. The van der Waals surface area contributed by atoms with Crippen LogP contribution in [-0.4, -0.2) is 42.1 Å². The van der Waals surface area contributed by atoms with E-state index in [4.69, 9.17) is 9.97 Å². The monoisotopic (exact) mass is 895 g/mol. The van der Waals surface area contributed by atoms with Crippen LogP contribution in [0.1, 0.15) is 119 Å². The van der Waals surface area contributed by atoms with Crippen LogP contribution in [0.3, 0.4) is 0 Å². The van der Waals surface area contributed by atoms with Crippen LogP contribution in [-0.2, 0) is 26.5 Å². The van der Waals surface area contributed by atoms with Crippen LogP contribution >= 0.6 is 0 Å². The average Bonchev–Trinajstić information content (AvgIpc) is 2.99. The van der Waals surface area contributed by atoms with Gasteiger partial charge in [0.1, 0.15) is 23.8 Å². The first-order chi connectivity index (χ1) is 23.6. The summed E-state index contributed by atoms with van der Waals surface area (Å²) in [6.45, 7) is 21.6. The molecule has 0 N–H and O–H groups in total. The van der Waals surface area contributed by atoms with E-state index in [0.717, 1.165) is 62.0 Å². The predicted molar refractivity (Wildman–Crippen MR) is 194 cm³/mol. The zero-order valence-electron chi connectivity index (χ0n) is 31.7. The van der Waals surface area contributed by atoms with Crippen molar-refractivity contribution in [3.63, 3.8) is 0 Å². The van der Waals surface area contributed by atoms with E-state index in [1.54, 1.807) is 0 Å². The summed E-state index contributed by atoms with van der Waals surface area (Å²) in [6.07, 6.45) is 5.93. The van der Waals surface area contributed by atoms with Crippen molar-refractivity contribution in [2.45, 2.75) is 135 Å². The number of aromatic nitrogens is 4. The Morgan fingerprint density at radius 3 is 1.19 bits per heavy atom. The van der Waals surface area contributed by atoms with Gasteiger partial charge in [0.05, 0.1) is 0 Å². The van der Waals surface area contributed by atoms with E-state index in [1.165, 1.54) is 0 Å². The fourth-order valence-electron chi connectivity index (χ4n) is 8.81. The first-order valence-corrected chi connectivity index (χ1v) is 17.8. The minimum Gasteiger partial charge on any atom is -0.362 e. The molecule has 4 aromatic rings. The molecular formula is C41H48F4N6Pt. The fourth-order valence-corrected chi connectivity index (χ4v) is 8.81. The Bertz CT molecular complexity index is 1800. The van der Waals surface area contributed by atoms with Crippen LogP contribution in [0, 0.1) is 35.9 Å². The molecule has 280 valence electrons. The molecule has 11 heteroatoms. The molecule has 0 radical (unpaired) electrons. The fraction of sp³-hybridized carbons (Fsp3) is 0.512. The summed E-state index contributed by atoms with van der Waals surface area (Å²) < 4.78 is 58.7. The zero-order valence-corrected chi connectivity index (χ0v) is 34.0. The van der Waals surface area contributed by atoms with E-state index < -0.39 is 29.2 Å². The maximum Gasteiger partial charge on any atom is 2.00 e. The quantitative estimate of drug-likeness (QED) is 0.109. The molecule has 0 spiro atoms. The van der Waals surface area contributed by atoms with Gasteiger partial charge in [0.15, 0.2) is 0 Å². The number of anilines is 2. The van der Waals surface area contributed by atoms with Gasteiger partial charge in [-0.25, -0.2) is 17.6 Å². The molecule has 0 amide bonds. The van der Waals surface area contributed by atoms with Crippen molar-refractivity contribution in [2.24, 2.45) is 0 Å².